The van der Waals surface area contributed by atoms with Gasteiger partial charge in [-0.3, -0.25) is 9.36 Å². The van der Waals surface area contributed by atoms with Crippen LogP contribution in [-0.2, 0) is 23.5 Å². The van der Waals surface area contributed by atoms with Crippen LogP contribution >= 0.6 is 34.7 Å². The average molecular weight is 460 g/mol. The molecule has 0 bridgehead atoms. The third kappa shape index (κ3) is 4.92. The van der Waals surface area contributed by atoms with E-state index in [9.17, 15) is 4.79 Å². The first kappa shape index (κ1) is 20.6. The van der Waals surface area contributed by atoms with E-state index in [0.29, 0.717) is 29.6 Å². The van der Waals surface area contributed by atoms with Crippen molar-refractivity contribution in [2.75, 3.05) is 0 Å². The molecule has 3 heterocycles. The van der Waals surface area contributed by atoms with Gasteiger partial charge in [-0.1, -0.05) is 41.6 Å². The number of amides is 1. The van der Waals surface area contributed by atoms with E-state index in [1.165, 1.54) is 11.8 Å². The molecule has 0 radical (unpaired) electrons. The minimum atomic E-state index is -0.369. The van der Waals surface area contributed by atoms with Gasteiger partial charge >= 0.3 is 0 Å². The topological polar surface area (TPSA) is 99.8 Å². The summed E-state index contributed by atoms with van der Waals surface area (Å²) in [6.45, 7) is 0.484. The Hall–Kier alpha value is -2.62. The van der Waals surface area contributed by atoms with Crippen molar-refractivity contribution in [1.29, 1.82) is 0 Å². The second kappa shape index (κ2) is 9.46. The fourth-order valence-corrected chi connectivity index (χ4v) is 4.93. The number of benzene rings is 1. The first-order valence-corrected chi connectivity index (χ1v) is 11.4. The van der Waals surface area contributed by atoms with Gasteiger partial charge in [0, 0.05) is 29.5 Å². The smallest absolute Gasteiger partial charge is 0.217 e. The first-order chi connectivity index (χ1) is 14.6. The van der Waals surface area contributed by atoms with E-state index in [4.69, 9.17) is 26.7 Å². The van der Waals surface area contributed by atoms with E-state index in [2.05, 4.69) is 10.2 Å². The molecular formula is C20H18ClN5O2S2. The third-order valence-corrected chi connectivity index (χ3v) is 6.54. The highest BCUT2D eigenvalue weighted by Gasteiger charge is 2.16. The van der Waals surface area contributed by atoms with Crippen molar-refractivity contribution in [2.24, 2.45) is 5.73 Å². The molecule has 0 aliphatic heterocycles. The molecule has 0 aliphatic rings. The van der Waals surface area contributed by atoms with Crippen LogP contribution in [0.5, 0.6) is 0 Å². The second-order valence-corrected chi connectivity index (χ2v) is 8.65. The minimum Gasteiger partial charge on any atom is -0.467 e. The molecule has 0 saturated heterocycles. The Morgan fingerprint density at radius 2 is 2.10 bits per heavy atom. The number of thioether (sulfide) groups is 1. The quantitative estimate of drug-likeness (QED) is 0.372. The molecule has 0 aliphatic carbocycles. The van der Waals surface area contributed by atoms with Crippen molar-refractivity contribution in [2.45, 2.75) is 30.3 Å². The van der Waals surface area contributed by atoms with Crippen LogP contribution < -0.4 is 5.73 Å². The molecule has 0 fully saturated rings. The zero-order valence-corrected chi connectivity index (χ0v) is 18.2. The number of carbonyl (C=O) groups excluding carboxylic acids is 1. The summed E-state index contributed by atoms with van der Waals surface area (Å²) in [5.41, 5.74) is 7.15. The van der Waals surface area contributed by atoms with E-state index < -0.39 is 0 Å². The van der Waals surface area contributed by atoms with Gasteiger partial charge in [0.25, 0.3) is 0 Å². The van der Waals surface area contributed by atoms with Gasteiger partial charge in [-0.2, -0.15) is 0 Å². The van der Waals surface area contributed by atoms with E-state index in [-0.39, 0.29) is 12.3 Å². The Kier molecular flexibility index (Phi) is 6.51. The average Bonchev–Trinajstić information content (AvgIpc) is 3.47. The SMILES string of the molecule is NC(=O)CCc1nnc(SCc2csc(-c3ccccc3Cl)n2)n1Cc1ccco1. The summed E-state index contributed by atoms with van der Waals surface area (Å²) in [4.78, 5) is 15.9. The summed E-state index contributed by atoms with van der Waals surface area (Å²) < 4.78 is 7.42. The fraction of sp³-hybridized carbons (Fsp3) is 0.200. The lowest BCUT2D eigenvalue weighted by molar-refractivity contribution is -0.118. The Morgan fingerprint density at radius 3 is 2.87 bits per heavy atom. The standard InChI is InChI=1S/C20H18ClN5O2S2/c21-16-6-2-1-5-15(16)19-23-13(11-29-19)12-30-20-25-24-18(8-7-17(22)27)26(20)10-14-4-3-9-28-14/h1-6,9,11H,7-8,10,12H2,(H2,22,27). The third-order valence-electron chi connectivity index (χ3n) is 4.29. The summed E-state index contributed by atoms with van der Waals surface area (Å²) >= 11 is 9.37. The van der Waals surface area contributed by atoms with E-state index >= 15 is 0 Å². The van der Waals surface area contributed by atoms with Gasteiger partial charge in [0.05, 0.1) is 23.5 Å². The number of aromatic nitrogens is 4. The maximum atomic E-state index is 11.2. The molecule has 10 heteroatoms. The monoisotopic (exact) mass is 459 g/mol. The number of thiazole rings is 1. The zero-order chi connectivity index (χ0) is 20.9. The van der Waals surface area contributed by atoms with Crippen LogP contribution in [0.25, 0.3) is 10.6 Å². The van der Waals surface area contributed by atoms with E-state index in [1.807, 2.05) is 46.3 Å². The summed E-state index contributed by atoms with van der Waals surface area (Å²) in [7, 11) is 0. The number of primary amides is 1. The van der Waals surface area contributed by atoms with Crippen LogP contribution in [0, 0.1) is 0 Å². The lowest BCUT2D eigenvalue weighted by Crippen LogP contribution is -2.14. The highest BCUT2D eigenvalue weighted by atomic mass is 35.5. The van der Waals surface area contributed by atoms with Crippen molar-refractivity contribution in [3.63, 3.8) is 0 Å². The molecule has 0 atom stereocenters. The maximum Gasteiger partial charge on any atom is 0.217 e. The molecule has 1 amide bonds. The van der Waals surface area contributed by atoms with E-state index in [1.54, 1.807) is 17.6 Å². The van der Waals surface area contributed by atoms with Crippen LogP contribution in [0.3, 0.4) is 0 Å². The molecule has 0 spiro atoms. The number of hydrogen-bond donors (Lipinski definition) is 1. The normalized spacial score (nSPS) is 11.1. The van der Waals surface area contributed by atoms with Gasteiger partial charge < -0.3 is 10.2 Å². The number of hydrogen-bond acceptors (Lipinski definition) is 7. The predicted molar refractivity (Wildman–Crippen MR) is 117 cm³/mol. The number of nitrogens with two attached hydrogens (primary N) is 1. The summed E-state index contributed by atoms with van der Waals surface area (Å²) in [6, 6.07) is 11.4. The molecule has 4 aromatic rings. The molecule has 3 aromatic heterocycles. The predicted octanol–water partition coefficient (Wildman–Crippen LogP) is 4.41. The Morgan fingerprint density at radius 1 is 1.23 bits per heavy atom. The van der Waals surface area contributed by atoms with Crippen LogP contribution in [-0.4, -0.2) is 25.7 Å². The van der Waals surface area contributed by atoms with Crippen molar-refractivity contribution < 1.29 is 9.21 Å². The molecule has 154 valence electrons. The largest absolute Gasteiger partial charge is 0.467 e. The molecule has 0 saturated carbocycles. The molecule has 0 unspecified atom stereocenters. The number of halogens is 1. The van der Waals surface area contributed by atoms with Crippen LogP contribution in [0.15, 0.2) is 57.6 Å². The molecule has 7 nitrogen and oxygen atoms in total. The summed E-state index contributed by atoms with van der Waals surface area (Å²) in [5, 5.41) is 12.9. The molecule has 4 rings (SSSR count). The van der Waals surface area contributed by atoms with Gasteiger partial charge in [-0.15, -0.1) is 21.5 Å². The fourth-order valence-electron chi connectivity index (χ4n) is 2.83. The highest BCUT2D eigenvalue weighted by molar-refractivity contribution is 7.98. The highest BCUT2D eigenvalue weighted by Crippen LogP contribution is 2.32. The van der Waals surface area contributed by atoms with Crippen LogP contribution in [0.1, 0.15) is 23.7 Å². The van der Waals surface area contributed by atoms with Gasteiger partial charge in [-0.25, -0.2) is 4.98 Å². The van der Waals surface area contributed by atoms with Crippen LogP contribution in [0.4, 0.5) is 0 Å². The number of aryl methyl sites for hydroxylation is 1. The number of furan rings is 1. The molecule has 30 heavy (non-hydrogen) atoms. The Balaban J connectivity index is 1.50. The number of rotatable bonds is 9. The van der Waals surface area contributed by atoms with Gasteiger partial charge in [0.2, 0.25) is 5.91 Å². The van der Waals surface area contributed by atoms with Gasteiger partial charge in [0.15, 0.2) is 5.16 Å². The minimum absolute atomic E-state index is 0.217. The zero-order valence-electron chi connectivity index (χ0n) is 15.8. The second-order valence-electron chi connectivity index (χ2n) is 6.44. The summed E-state index contributed by atoms with van der Waals surface area (Å²) in [5.74, 6) is 1.74. The van der Waals surface area contributed by atoms with E-state index in [0.717, 1.165) is 27.2 Å². The molecule has 2 N–H and O–H groups in total. The lowest BCUT2D eigenvalue weighted by atomic mass is 10.2. The summed E-state index contributed by atoms with van der Waals surface area (Å²) in [6.07, 6.45) is 2.27. The number of nitrogens with zero attached hydrogens (tertiary/aromatic N) is 4. The maximum absolute atomic E-state index is 11.2. The number of carbonyl (C=O) groups is 1. The Labute approximate surface area is 186 Å². The van der Waals surface area contributed by atoms with Gasteiger partial charge in [0.1, 0.15) is 16.6 Å². The molecule has 1 aromatic carbocycles. The Bertz CT molecular complexity index is 1140. The molecular weight excluding hydrogens is 442 g/mol. The van der Waals surface area contributed by atoms with Crippen LogP contribution in [0.2, 0.25) is 5.02 Å². The van der Waals surface area contributed by atoms with Crippen molar-refractivity contribution in [3.8, 4) is 10.6 Å². The lowest BCUT2D eigenvalue weighted by Gasteiger charge is -2.08. The van der Waals surface area contributed by atoms with Crippen molar-refractivity contribution in [1.82, 2.24) is 19.7 Å². The van der Waals surface area contributed by atoms with Crippen molar-refractivity contribution >= 4 is 40.6 Å². The first-order valence-electron chi connectivity index (χ1n) is 9.15. The van der Waals surface area contributed by atoms with Crippen molar-refractivity contribution in [3.05, 3.63) is 70.3 Å². The van der Waals surface area contributed by atoms with Gasteiger partial charge in [-0.05, 0) is 18.2 Å².